The number of anilines is 1. The van der Waals surface area contributed by atoms with E-state index in [4.69, 9.17) is 10.8 Å². The molecule has 0 atom stereocenters. The first-order valence-corrected chi connectivity index (χ1v) is 4.96. The molecule has 3 N–H and O–H groups in total. The fourth-order valence-electron chi connectivity index (χ4n) is 1.54. The van der Waals surface area contributed by atoms with Gasteiger partial charge in [-0.1, -0.05) is 18.2 Å². The third-order valence-electron chi connectivity index (χ3n) is 2.44. The summed E-state index contributed by atoms with van der Waals surface area (Å²) in [7, 11) is 0. The summed E-state index contributed by atoms with van der Waals surface area (Å²) in [4.78, 5) is 10.8. The number of nitrogens with two attached hydrogens (primary N) is 1. The van der Waals surface area contributed by atoms with Gasteiger partial charge in [0.2, 0.25) is 0 Å². The lowest BCUT2D eigenvalue weighted by Crippen LogP contribution is -2.00. The lowest BCUT2D eigenvalue weighted by molar-refractivity contribution is 0.0692. The number of carboxylic acid groups (broad SMARTS) is 1. The molecule has 17 heavy (non-hydrogen) atoms. The van der Waals surface area contributed by atoms with Crippen LogP contribution in [0.25, 0.3) is 11.1 Å². The van der Waals surface area contributed by atoms with E-state index >= 15 is 0 Å². The molecule has 0 aliphatic heterocycles. The smallest absolute Gasteiger partial charge is 0.338 e. The van der Waals surface area contributed by atoms with Gasteiger partial charge in [0.15, 0.2) is 0 Å². The molecule has 0 radical (unpaired) electrons. The Morgan fingerprint density at radius 3 is 2.24 bits per heavy atom. The fourth-order valence-corrected chi connectivity index (χ4v) is 1.54. The van der Waals surface area contributed by atoms with Crippen LogP contribution in [0.3, 0.4) is 0 Å². The van der Waals surface area contributed by atoms with Crippen LogP contribution in [0.15, 0.2) is 42.5 Å². The minimum atomic E-state index is -1.28. The summed E-state index contributed by atoms with van der Waals surface area (Å²) in [5.74, 6) is -2.02. The van der Waals surface area contributed by atoms with E-state index in [0.29, 0.717) is 11.3 Å². The lowest BCUT2D eigenvalue weighted by atomic mass is 10.0. The van der Waals surface area contributed by atoms with Gasteiger partial charge in [-0.15, -0.1) is 0 Å². The Balaban J connectivity index is 2.50. The van der Waals surface area contributed by atoms with Crippen molar-refractivity contribution in [1.29, 1.82) is 0 Å². The Morgan fingerprint density at radius 1 is 1.06 bits per heavy atom. The number of halogens is 1. The van der Waals surface area contributed by atoms with Crippen molar-refractivity contribution in [3.05, 3.63) is 53.8 Å². The quantitative estimate of drug-likeness (QED) is 0.781. The van der Waals surface area contributed by atoms with Crippen molar-refractivity contribution < 1.29 is 14.3 Å². The number of nitrogen functional groups attached to an aromatic ring is 1. The molecule has 2 aromatic carbocycles. The standard InChI is InChI=1S/C13H10FNO2/c14-12-6-3-9(7-11(12)13(16)17)8-1-4-10(15)5-2-8/h1-7H,15H2,(H,16,17). The van der Waals surface area contributed by atoms with Crippen molar-refractivity contribution in [2.24, 2.45) is 0 Å². The second-order valence-electron chi connectivity index (χ2n) is 3.62. The molecule has 4 heteroatoms. The third-order valence-corrected chi connectivity index (χ3v) is 2.44. The van der Waals surface area contributed by atoms with Gasteiger partial charge in [0.05, 0.1) is 5.56 Å². The minimum absolute atomic E-state index is 0.334. The van der Waals surface area contributed by atoms with E-state index in [0.717, 1.165) is 11.6 Å². The van der Waals surface area contributed by atoms with E-state index in [1.165, 1.54) is 12.1 Å². The third kappa shape index (κ3) is 2.25. The Morgan fingerprint density at radius 2 is 1.65 bits per heavy atom. The maximum atomic E-state index is 13.2. The van der Waals surface area contributed by atoms with Crippen LogP contribution in [0, 0.1) is 5.82 Å². The molecule has 0 saturated carbocycles. The predicted molar refractivity (Wildman–Crippen MR) is 63.2 cm³/mol. The van der Waals surface area contributed by atoms with E-state index in [-0.39, 0.29) is 5.56 Å². The molecule has 0 aromatic heterocycles. The molecule has 0 heterocycles. The van der Waals surface area contributed by atoms with E-state index in [2.05, 4.69) is 0 Å². The van der Waals surface area contributed by atoms with Gasteiger partial charge in [0.1, 0.15) is 5.82 Å². The maximum absolute atomic E-state index is 13.2. The molecule has 0 aliphatic rings. The first-order valence-electron chi connectivity index (χ1n) is 4.96. The Kier molecular flexibility index (Phi) is 2.78. The summed E-state index contributed by atoms with van der Waals surface area (Å²) in [6.45, 7) is 0. The van der Waals surface area contributed by atoms with Gasteiger partial charge in [-0.2, -0.15) is 0 Å². The number of benzene rings is 2. The average molecular weight is 231 g/mol. The summed E-state index contributed by atoms with van der Waals surface area (Å²) in [5.41, 5.74) is 7.27. The molecule has 0 fully saturated rings. The zero-order valence-corrected chi connectivity index (χ0v) is 8.85. The fraction of sp³-hybridized carbons (Fsp3) is 0. The van der Waals surface area contributed by atoms with E-state index in [1.54, 1.807) is 24.3 Å². The summed E-state index contributed by atoms with van der Waals surface area (Å²) in [5, 5.41) is 8.82. The van der Waals surface area contributed by atoms with Gasteiger partial charge in [0, 0.05) is 5.69 Å². The number of hydrogen-bond donors (Lipinski definition) is 2. The van der Waals surface area contributed by atoms with Gasteiger partial charge in [-0.25, -0.2) is 9.18 Å². The SMILES string of the molecule is Nc1ccc(-c2ccc(F)c(C(=O)O)c2)cc1. The molecule has 2 aromatic rings. The Labute approximate surface area is 97.3 Å². The molecule has 0 aliphatic carbocycles. The van der Waals surface area contributed by atoms with Crippen molar-refractivity contribution in [3.63, 3.8) is 0 Å². The van der Waals surface area contributed by atoms with Crippen LogP contribution in [0.2, 0.25) is 0 Å². The van der Waals surface area contributed by atoms with Gasteiger partial charge in [-0.05, 0) is 35.4 Å². The highest BCUT2D eigenvalue weighted by Gasteiger charge is 2.11. The number of carboxylic acids is 1. The van der Waals surface area contributed by atoms with Gasteiger partial charge in [-0.3, -0.25) is 0 Å². The topological polar surface area (TPSA) is 63.3 Å². The van der Waals surface area contributed by atoms with Crippen LogP contribution in [-0.4, -0.2) is 11.1 Å². The van der Waals surface area contributed by atoms with Crippen LogP contribution >= 0.6 is 0 Å². The maximum Gasteiger partial charge on any atom is 0.338 e. The van der Waals surface area contributed by atoms with Crippen LogP contribution in [0.4, 0.5) is 10.1 Å². The number of aromatic carboxylic acids is 1. The summed E-state index contributed by atoms with van der Waals surface area (Å²) in [6.07, 6.45) is 0. The van der Waals surface area contributed by atoms with Crippen molar-refractivity contribution in [1.82, 2.24) is 0 Å². The van der Waals surface area contributed by atoms with Gasteiger partial charge in [0.25, 0.3) is 0 Å². The number of rotatable bonds is 2. The Hall–Kier alpha value is -2.36. The number of hydrogen-bond acceptors (Lipinski definition) is 2. The molecule has 0 amide bonds. The van der Waals surface area contributed by atoms with Gasteiger partial charge >= 0.3 is 5.97 Å². The molecule has 0 spiro atoms. The van der Waals surface area contributed by atoms with Crippen molar-refractivity contribution >= 4 is 11.7 Å². The first kappa shape index (κ1) is 11.1. The largest absolute Gasteiger partial charge is 0.478 e. The van der Waals surface area contributed by atoms with Crippen LogP contribution in [-0.2, 0) is 0 Å². The molecular weight excluding hydrogens is 221 g/mol. The van der Waals surface area contributed by atoms with Crippen molar-refractivity contribution in [2.45, 2.75) is 0 Å². The highest BCUT2D eigenvalue weighted by Crippen LogP contribution is 2.23. The first-order chi connectivity index (χ1) is 8.08. The predicted octanol–water partition coefficient (Wildman–Crippen LogP) is 2.77. The van der Waals surface area contributed by atoms with Crippen LogP contribution in [0.5, 0.6) is 0 Å². The van der Waals surface area contributed by atoms with Crippen LogP contribution < -0.4 is 5.73 Å². The molecule has 86 valence electrons. The zero-order chi connectivity index (χ0) is 12.4. The van der Waals surface area contributed by atoms with Crippen molar-refractivity contribution in [3.8, 4) is 11.1 Å². The Bertz CT molecular complexity index is 564. The molecular formula is C13H10FNO2. The summed E-state index contributed by atoms with van der Waals surface area (Å²) in [6, 6.07) is 10.9. The van der Waals surface area contributed by atoms with E-state index < -0.39 is 11.8 Å². The highest BCUT2D eigenvalue weighted by atomic mass is 19.1. The monoisotopic (exact) mass is 231 g/mol. The second kappa shape index (κ2) is 4.25. The highest BCUT2D eigenvalue weighted by molar-refractivity contribution is 5.89. The molecule has 3 nitrogen and oxygen atoms in total. The molecule has 0 bridgehead atoms. The normalized spacial score (nSPS) is 10.2. The molecule has 0 saturated heterocycles. The average Bonchev–Trinajstić information content (AvgIpc) is 2.30. The van der Waals surface area contributed by atoms with E-state index in [1.807, 2.05) is 0 Å². The molecule has 2 rings (SSSR count). The molecule has 0 unspecified atom stereocenters. The van der Waals surface area contributed by atoms with Crippen molar-refractivity contribution in [2.75, 3.05) is 5.73 Å². The zero-order valence-electron chi connectivity index (χ0n) is 8.85. The summed E-state index contributed by atoms with van der Waals surface area (Å²) >= 11 is 0. The second-order valence-corrected chi connectivity index (χ2v) is 3.62. The summed E-state index contributed by atoms with van der Waals surface area (Å²) < 4.78 is 13.2. The minimum Gasteiger partial charge on any atom is -0.478 e. The lowest BCUT2D eigenvalue weighted by Gasteiger charge is -2.04. The van der Waals surface area contributed by atoms with E-state index in [9.17, 15) is 9.18 Å². The van der Waals surface area contributed by atoms with Gasteiger partial charge < -0.3 is 10.8 Å². The van der Waals surface area contributed by atoms with Crippen LogP contribution in [0.1, 0.15) is 10.4 Å². The number of carbonyl (C=O) groups is 1.